The van der Waals surface area contributed by atoms with E-state index in [-0.39, 0.29) is 35.8 Å². The van der Waals surface area contributed by atoms with Crippen molar-refractivity contribution in [3.05, 3.63) is 0 Å². The Morgan fingerprint density at radius 2 is 1.45 bits per heavy atom. The molecule has 2 N–H and O–H groups in total. The number of carbonyl (C=O) groups excluding carboxylic acids is 2. The van der Waals surface area contributed by atoms with Gasteiger partial charge in [-0.2, -0.15) is 0 Å². The number of carbonyl (C=O) groups is 2. The van der Waals surface area contributed by atoms with Crippen molar-refractivity contribution < 1.29 is 9.59 Å². The molecule has 8 heteroatoms. The molecule has 2 rings (SSSR count). The normalized spacial score (nSPS) is 17.3. The molecule has 0 aromatic rings. The first-order chi connectivity index (χ1) is 15.5. The Morgan fingerprint density at radius 1 is 0.879 bits per heavy atom. The maximum atomic E-state index is 12.5. The molecule has 1 aliphatic carbocycles. The van der Waals surface area contributed by atoms with Crippen LogP contribution in [-0.2, 0) is 9.59 Å². The Bertz CT molecular complexity index is 585. The van der Waals surface area contributed by atoms with Crippen LogP contribution in [0.15, 0.2) is 4.99 Å². The molecule has 0 bridgehead atoms. The van der Waals surface area contributed by atoms with Crippen LogP contribution in [0.3, 0.4) is 0 Å². The fourth-order valence-electron chi connectivity index (χ4n) is 4.74. The maximum absolute atomic E-state index is 12.5. The lowest BCUT2D eigenvalue weighted by atomic mass is 10.0. The molecular weight excluding hydrogens is 529 g/mol. The molecule has 192 valence electrons. The third-order valence-corrected chi connectivity index (χ3v) is 6.71. The number of aliphatic imine (C=N–C) groups is 1. The molecule has 2 amide bonds. The highest BCUT2D eigenvalue weighted by Gasteiger charge is 2.24. The number of piperazine rings is 1. The van der Waals surface area contributed by atoms with Gasteiger partial charge >= 0.3 is 0 Å². The van der Waals surface area contributed by atoms with Gasteiger partial charge < -0.3 is 20.4 Å². The molecule has 1 saturated carbocycles. The molecule has 0 radical (unpaired) electrons. The van der Waals surface area contributed by atoms with Crippen LogP contribution < -0.4 is 10.6 Å². The molecule has 1 aliphatic heterocycles. The quantitative estimate of drug-likeness (QED) is 0.159. The Kier molecular flexibility index (Phi) is 15.8. The van der Waals surface area contributed by atoms with Crippen molar-refractivity contribution in [2.75, 3.05) is 46.3 Å². The van der Waals surface area contributed by atoms with E-state index in [0.717, 1.165) is 44.2 Å². The van der Waals surface area contributed by atoms with Crippen LogP contribution in [0.25, 0.3) is 0 Å². The summed E-state index contributed by atoms with van der Waals surface area (Å²) in [6, 6.07) is 0. The summed E-state index contributed by atoms with van der Waals surface area (Å²) in [5.41, 5.74) is 0. The van der Waals surface area contributed by atoms with Gasteiger partial charge in [0.2, 0.25) is 11.8 Å². The van der Waals surface area contributed by atoms with Crippen molar-refractivity contribution in [3.8, 4) is 0 Å². The SMILES string of the molecule is CN=C(NCCCCCC(=O)N1CCN(C(=O)CC(C)C)CC1)NCCCC1CCCC1.I. The molecule has 7 nitrogen and oxygen atoms in total. The van der Waals surface area contributed by atoms with Gasteiger partial charge in [-0.3, -0.25) is 14.6 Å². The van der Waals surface area contributed by atoms with E-state index in [2.05, 4.69) is 29.5 Å². The minimum Gasteiger partial charge on any atom is -0.356 e. The zero-order chi connectivity index (χ0) is 23.2. The van der Waals surface area contributed by atoms with E-state index in [4.69, 9.17) is 0 Å². The summed E-state index contributed by atoms with van der Waals surface area (Å²) in [6.07, 6.45) is 12.4. The van der Waals surface area contributed by atoms with E-state index >= 15 is 0 Å². The molecule has 0 spiro atoms. The number of halogens is 1. The zero-order valence-corrected chi connectivity index (χ0v) is 23.6. The average Bonchev–Trinajstić information content (AvgIpc) is 3.30. The van der Waals surface area contributed by atoms with Gasteiger partial charge in [0.05, 0.1) is 0 Å². The number of nitrogens with zero attached hydrogens (tertiary/aromatic N) is 3. The van der Waals surface area contributed by atoms with Gasteiger partial charge in [0.25, 0.3) is 0 Å². The molecule has 2 fully saturated rings. The highest BCUT2D eigenvalue weighted by molar-refractivity contribution is 14.0. The van der Waals surface area contributed by atoms with Crippen LogP contribution in [0.4, 0.5) is 0 Å². The standard InChI is InChI=1S/C25H47N5O2.HI/c1-21(2)20-24(32)30-18-16-29(17-19-30)23(31)13-5-4-8-14-27-25(26-3)28-15-9-12-22-10-6-7-11-22;/h21-22H,4-20H2,1-3H3,(H2,26,27,28);1H. The Morgan fingerprint density at radius 3 is 2.03 bits per heavy atom. The van der Waals surface area contributed by atoms with E-state index in [0.29, 0.717) is 44.9 Å². The Balaban J connectivity index is 0.00000544. The van der Waals surface area contributed by atoms with Gasteiger partial charge in [-0.1, -0.05) is 46.0 Å². The largest absolute Gasteiger partial charge is 0.356 e. The van der Waals surface area contributed by atoms with Crippen LogP contribution in [0.2, 0.25) is 0 Å². The first-order valence-electron chi connectivity index (χ1n) is 13.0. The fourth-order valence-corrected chi connectivity index (χ4v) is 4.74. The molecular formula is C25H48IN5O2. The van der Waals surface area contributed by atoms with E-state index < -0.39 is 0 Å². The van der Waals surface area contributed by atoms with Crippen LogP contribution in [0, 0.1) is 11.8 Å². The minimum absolute atomic E-state index is 0. The number of unbranched alkanes of at least 4 members (excludes halogenated alkanes) is 2. The van der Waals surface area contributed by atoms with Gasteiger partial charge in [0, 0.05) is 59.2 Å². The summed E-state index contributed by atoms with van der Waals surface area (Å²) in [7, 11) is 1.82. The first-order valence-corrected chi connectivity index (χ1v) is 13.0. The van der Waals surface area contributed by atoms with Crippen molar-refractivity contribution >= 4 is 41.8 Å². The average molecular weight is 578 g/mol. The van der Waals surface area contributed by atoms with Crippen LogP contribution in [0.5, 0.6) is 0 Å². The van der Waals surface area contributed by atoms with Gasteiger partial charge in [-0.25, -0.2) is 0 Å². The predicted molar refractivity (Wildman–Crippen MR) is 147 cm³/mol. The Hall–Kier alpha value is -1.06. The molecule has 1 saturated heterocycles. The van der Waals surface area contributed by atoms with Gasteiger partial charge in [0.1, 0.15) is 0 Å². The molecule has 2 aliphatic rings. The van der Waals surface area contributed by atoms with Gasteiger partial charge in [-0.15, -0.1) is 24.0 Å². The number of guanidine groups is 1. The third kappa shape index (κ3) is 12.3. The van der Waals surface area contributed by atoms with Gasteiger partial charge in [0.15, 0.2) is 5.96 Å². The molecule has 0 aromatic carbocycles. The highest BCUT2D eigenvalue weighted by Crippen LogP contribution is 2.28. The van der Waals surface area contributed by atoms with Crippen LogP contribution in [0.1, 0.15) is 84.5 Å². The third-order valence-electron chi connectivity index (χ3n) is 6.71. The molecule has 0 unspecified atom stereocenters. The number of rotatable bonds is 12. The minimum atomic E-state index is 0. The van der Waals surface area contributed by atoms with Crippen LogP contribution >= 0.6 is 24.0 Å². The fraction of sp³-hybridized carbons (Fsp3) is 0.880. The highest BCUT2D eigenvalue weighted by atomic mass is 127. The Labute approximate surface area is 218 Å². The molecule has 0 atom stereocenters. The molecule has 33 heavy (non-hydrogen) atoms. The summed E-state index contributed by atoms with van der Waals surface area (Å²) in [4.78, 5) is 32.8. The zero-order valence-electron chi connectivity index (χ0n) is 21.2. The number of amides is 2. The van der Waals surface area contributed by atoms with E-state index in [1.54, 1.807) is 0 Å². The van der Waals surface area contributed by atoms with E-state index in [1.165, 1.54) is 38.5 Å². The monoisotopic (exact) mass is 577 g/mol. The lowest BCUT2D eigenvalue weighted by Gasteiger charge is -2.35. The lowest BCUT2D eigenvalue weighted by molar-refractivity contribution is -0.140. The predicted octanol–water partition coefficient (Wildman–Crippen LogP) is 4.02. The number of hydrogen-bond acceptors (Lipinski definition) is 3. The van der Waals surface area contributed by atoms with Crippen molar-refractivity contribution in [1.82, 2.24) is 20.4 Å². The first kappa shape index (κ1) is 30.0. The van der Waals surface area contributed by atoms with Crippen molar-refractivity contribution in [2.24, 2.45) is 16.8 Å². The van der Waals surface area contributed by atoms with Gasteiger partial charge in [-0.05, 0) is 37.5 Å². The summed E-state index contributed by atoms with van der Waals surface area (Å²) < 4.78 is 0. The second-order valence-corrected chi connectivity index (χ2v) is 9.89. The van der Waals surface area contributed by atoms with E-state index in [9.17, 15) is 9.59 Å². The second kappa shape index (κ2) is 17.4. The summed E-state index contributed by atoms with van der Waals surface area (Å²) in [5, 5.41) is 6.80. The van der Waals surface area contributed by atoms with Crippen molar-refractivity contribution in [1.29, 1.82) is 0 Å². The molecule has 1 heterocycles. The van der Waals surface area contributed by atoms with Crippen molar-refractivity contribution in [3.63, 3.8) is 0 Å². The molecule has 0 aromatic heterocycles. The smallest absolute Gasteiger partial charge is 0.222 e. The number of nitrogens with one attached hydrogen (secondary N) is 2. The summed E-state index contributed by atoms with van der Waals surface area (Å²) in [5.74, 6) is 2.67. The van der Waals surface area contributed by atoms with E-state index in [1.807, 2.05) is 16.8 Å². The summed E-state index contributed by atoms with van der Waals surface area (Å²) >= 11 is 0. The number of hydrogen-bond donors (Lipinski definition) is 2. The maximum Gasteiger partial charge on any atom is 0.222 e. The second-order valence-electron chi connectivity index (χ2n) is 9.89. The summed E-state index contributed by atoms with van der Waals surface area (Å²) in [6.45, 7) is 8.70. The van der Waals surface area contributed by atoms with Crippen molar-refractivity contribution in [2.45, 2.75) is 84.5 Å². The topological polar surface area (TPSA) is 77.0 Å². The van der Waals surface area contributed by atoms with Crippen LogP contribution in [-0.4, -0.2) is 73.9 Å². The lowest BCUT2D eigenvalue weighted by Crippen LogP contribution is -2.50.